The van der Waals surface area contributed by atoms with Gasteiger partial charge < -0.3 is 10.0 Å². The van der Waals surface area contributed by atoms with Gasteiger partial charge in [-0.2, -0.15) is 5.26 Å². The smallest absolute Gasteiger partial charge is 0.255 e. The van der Waals surface area contributed by atoms with Crippen molar-refractivity contribution in [3.63, 3.8) is 0 Å². The standard InChI is InChI=1S/C11H11F3N2O/c12-9-1-2-10(8(5-9)6-15)16(3-4-17)7-11(13)14/h1-2,5,11,17H,3-4,7H2. The molecular formula is C11H11F3N2O. The van der Waals surface area contributed by atoms with E-state index in [2.05, 4.69) is 0 Å². The van der Waals surface area contributed by atoms with Gasteiger partial charge in [0.2, 0.25) is 0 Å². The van der Waals surface area contributed by atoms with E-state index in [1.807, 2.05) is 0 Å². The Morgan fingerprint density at radius 2 is 2.12 bits per heavy atom. The van der Waals surface area contributed by atoms with E-state index in [0.29, 0.717) is 0 Å². The molecule has 0 saturated carbocycles. The van der Waals surface area contributed by atoms with Crippen LogP contribution in [0.1, 0.15) is 5.56 Å². The lowest BCUT2D eigenvalue weighted by molar-refractivity contribution is 0.153. The van der Waals surface area contributed by atoms with E-state index in [9.17, 15) is 13.2 Å². The van der Waals surface area contributed by atoms with Crippen molar-refractivity contribution >= 4 is 5.69 Å². The maximum Gasteiger partial charge on any atom is 0.255 e. The number of aliphatic hydroxyl groups excluding tert-OH is 1. The number of rotatable bonds is 5. The van der Waals surface area contributed by atoms with Gasteiger partial charge in [0.15, 0.2) is 0 Å². The lowest BCUT2D eigenvalue weighted by Crippen LogP contribution is -2.32. The number of benzene rings is 1. The maximum absolute atomic E-state index is 12.9. The number of nitriles is 1. The normalized spacial score (nSPS) is 10.4. The Morgan fingerprint density at radius 1 is 1.41 bits per heavy atom. The van der Waals surface area contributed by atoms with Gasteiger partial charge in [-0.05, 0) is 18.2 Å². The zero-order valence-electron chi connectivity index (χ0n) is 8.91. The van der Waals surface area contributed by atoms with Crippen LogP contribution in [0.25, 0.3) is 0 Å². The Morgan fingerprint density at radius 3 is 2.65 bits per heavy atom. The van der Waals surface area contributed by atoms with Crippen LogP contribution in [-0.2, 0) is 0 Å². The minimum absolute atomic E-state index is 0.0286. The van der Waals surface area contributed by atoms with E-state index >= 15 is 0 Å². The Bertz CT molecular complexity index is 418. The second-order valence-electron chi connectivity index (χ2n) is 3.33. The van der Waals surface area contributed by atoms with Gasteiger partial charge in [0.05, 0.1) is 24.4 Å². The third kappa shape index (κ3) is 3.64. The zero-order chi connectivity index (χ0) is 12.8. The summed E-state index contributed by atoms with van der Waals surface area (Å²) in [5, 5.41) is 17.6. The highest BCUT2D eigenvalue weighted by atomic mass is 19.3. The molecule has 1 aromatic rings. The first-order chi connectivity index (χ1) is 8.08. The van der Waals surface area contributed by atoms with Gasteiger partial charge in [-0.25, -0.2) is 13.2 Å². The molecular weight excluding hydrogens is 233 g/mol. The first-order valence-corrected chi connectivity index (χ1v) is 4.92. The number of hydrogen-bond donors (Lipinski definition) is 1. The van der Waals surface area contributed by atoms with Gasteiger partial charge >= 0.3 is 0 Å². The second-order valence-corrected chi connectivity index (χ2v) is 3.33. The third-order valence-corrected chi connectivity index (χ3v) is 2.15. The van der Waals surface area contributed by atoms with E-state index < -0.39 is 18.8 Å². The lowest BCUT2D eigenvalue weighted by atomic mass is 10.1. The Hall–Kier alpha value is -1.74. The highest BCUT2D eigenvalue weighted by Gasteiger charge is 2.16. The van der Waals surface area contributed by atoms with Crippen molar-refractivity contribution in [2.24, 2.45) is 0 Å². The SMILES string of the molecule is N#Cc1cc(F)ccc1N(CCO)CC(F)F. The molecule has 1 N–H and O–H groups in total. The van der Waals surface area contributed by atoms with Crippen LogP contribution in [-0.4, -0.2) is 31.2 Å². The fourth-order valence-electron chi connectivity index (χ4n) is 1.47. The van der Waals surface area contributed by atoms with Gasteiger partial charge in [-0.15, -0.1) is 0 Å². The molecule has 0 aliphatic heterocycles. The van der Waals surface area contributed by atoms with Crippen LogP contribution in [0, 0.1) is 17.1 Å². The first-order valence-electron chi connectivity index (χ1n) is 4.92. The van der Waals surface area contributed by atoms with Gasteiger partial charge in [0.1, 0.15) is 11.9 Å². The number of nitrogens with zero attached hydrogens (tertiary/aromatic N) is 2. The molecule has 0 radical (unpaired) electrons. The average Bonchev–Trinajstić information content (AvgIpc) is 2.27. The molecule has 0 saturated heterocycles. The number of anilines is 1. The molecule has 0 amide bonds. The van der Waals surface area contributed by atoms with Crippen molar-refractivity contribution in [2.75, 3.05) is 24.6 Å². The topological polar surface area (TPSA) is 47.3 Å². The molecule has 0 aromatic heterocycles. The van der Waals surface area contributed by atoms with Crippen molar-refractivity contribution in [1.29, 1.82) is 5.26 Å². The van der Waals surface area contributed by atoms with E-state index in [0.717, 1.165) is 17.0 Å². The molecule has 6 heteroatoms. The van der Waals surface area contributed by atoms with Crippen LogP contribution in [0.5, 0.6) is 0 Å². The van der Waals surface area contributed by atoms with Crippen molar-refractivity contribution in [3.05, 3.63) is 29.6 Å². The minimum Gasteiger partial charge on any atom is -0.395 e. The van der Waals surface area contributed by atoms with Crippen molar-refractivity contribution in [3.8, 4) is 6.07 Å². The van der Waals surface area contributed by atoms with Gasteiger partial charge in [0.25, 0.3) is 6.43 Å². The number of hydrogen-bond acceptors (Lipinski definition) is 3. The molecule has 0 aliphatic rings. The Labute approximate surface area is 96.7 Å². The summed E-state index contributed by atoms with van der Waals surface area (Å²) in [5.41, 5.74) is 0.169. The van der Waals surface area contributed by atoms with E-state index in [-0.39, 0.29) is 24.4 Å². The Kier molecular flexibility index (Phi) is 4.79. The molecule has 0 spiro atoms. The predicted octanol–water partition coefficient (Wildman–Crippen LogP) is 1.76. The molecule has 1 aromatic carbocycles. The molecule has 1 rings (SSSR count). The summed E-state index contributed by atoms with van der Waals surface area (Å²) < 4.78 is 37.5. The summed E-state index contributed by atoms with van der Waals surface area (Å²) in [6, 6.07) is 5.06. The molecule has 0 fully saturated rings. The van der Waals surface area contributed by atoms with Gasteiger partial charge in [0, 0.05) is 6.54 Å². The van der Waals surface area contributed by atoms with E-state index in [1.165, 1.54) is 6.07 Å². The highest BCUT2D eigenvalue weighted by molar-refractivity contribution is 5.59. The highest BCUT2D eigenvalue weighted by Crippen LogP contribution is 2.21. The van der Waals surface area contributed by atoms with Crippen LogP contribution in [0.15, 0.2) is 18.2 Å². The predicted molar refractivity (Wildman–Crippen MR) is 56.4 cm³/mol. The molecule has 0 atom stereocenters. The van der Waals surface area contributed by atoms with Crippen molar-refractivity contribution < 1.29 is 18.3 Å². The summed E-state index contributed by atoms with van der Waals surface area (Å²) in [6.45, 7) is -0.972. The minimum atomic E-state index is -2.60. The summed E-state index contributed by atoms with van der Waals surface area (Å²) in [7, 11) is 0. The zero-order valence-corrected chi connectivity index (χ0v) is 8.91. The van der Waals surface area contributed by atoms with Crippen LogP contribution >= 0.6 is 0 Å². The van der Waals surface area contributed by atoms with Gasteiger partial charge in [-0.3, -0.25) is 0 Å². The fourth-order valence-corrected chi connectivity index (χ4v) is 1.47. The molecule has 92 valence electrons. The number of halogens is 3. The largest absolute Gasteiger partial charge is 0.395 e. The molecule has 0 bridgehead atoms. The number of aliphatic hydroxyl groups is 1. The Balaban J connectivity index is 3.05. The van der Waals surface area contributed by atoms with Gasteiger partial charge in [-0.1, -0.05) is 0 Å². The lowest BCUT2D eigenvalue weighted by Gasteiger charge is -2.24. The fraction of sp³-hybridized carbons (Fsp3) is 0.364. The molecule has 3 nitrogen and oxygen atoms in total. The quantitative estimate of drug-likeness (QED) is 0.858. The number of alkyl halides is 2. The third-order valence-electron chi connectivity index (χ3n) is 2.15. The molecule has 0 aliphatic carbocycles. The molecule has 0 unspecified atom stereocenters. The first kappa shape index (κ1) is 13.3. The second kappa shape index (κ2) is 6.11. The summed E-state index contributed by atoms with van der Waals surface area (Å²) in [4.78, 5) is 1.16. The monoisotopic (exact) mass is 244 g/mol. The maximum atomic E-state index is 12.9. The van der Waals surface area contributed by atoms with Crippen LogP contribution < -0.4 is 4.90 Å². The van der Waals surface area contributed by atoms with E-state index in [1.54, 1.807) is 6.07 Å². The summed E-state index contributed by atoms with van der Waals surface area (Å²) >= 11 is 0. The van der Waals surface area contributed by atoms with Crippen LogP contribution in [0.2, 0.25) is 0 Å². The van der Waals surface area contributed by atoms with E-state index in [4.69, 9.17) is 10.4 Å². The summed E-state index contributed by atoms with van der Waals surface area (Å²) in [5.74, 6) is -0.605. The van der Waals surface area contributed by atoms with Crippen molar-refractivity contribution in [1.82, 2.24) is 0 Å². The molecule has 0 heterocycles. The van der Waals surface area contributed by atoms with Crippen molar-refractivity contribution in [2.45, 2.75) is 6.43 Å². The average molecular weight is 244 g/mol. The van der Waals surface area contributed by atoms with Crippen LogP contribution in [0.3, 0.4) is 0 Å². The van der Waals surface area contributed by atoms with Crippen LogP contribution in [0.4, 0.5) is 18.9 Å². The molecule has 17 heavy (non-hydrogen) atoms. The summed E-state index contributed by atoms with van der Waals surface area (Å²) in [6.07, 6.45) is -2.60.